The number of rotatable bonds is 5. The molecule has 0 aliphatic rings. The summed E-state index contributed by atoms with van der Waals surface area (Å²) in [6.07, 6.45) is 1.13. The highest BCUT2D eigenvalue weighted by Crippen LogP contribution is 2.28. The lowest BCUT2D eigenvalue weighted by Crippen LogP contribution is -2.12. The van der Waals surface area contributed by atoms with Crippen molar-refractivity contribution in [2.75, 3.05) is 13.7 Å². The highest BCUT2D eigenvalue weighted by molar-refractivity contribution is 5.83. The molecule has 0 fully saturated rings. The summed E-state index contributed by atoms with van der Waals surface area (Å²) in [6, 6.07) is 7.97. The zero-order chi connectivity index (χ0) is 11.4. The molecule has 0 aliphatic carbocycles. The molecule has 1 aromatic heterocycles. The molecule has 1 aromatic carbocycles. The highest BCUT2D eigenvalue weighted by Gasteiger charge is 2.07. The largest absolute Gasteiger partial charge is 0.493 e. The van der Waals surface area contributed by atoms with Crippen LogP contribution in [0.25, 0.3) is 11.0 Å². The monoisotopic (exact) mass is 219 g/mol. The Labute approximate surface area is 95.4 Å². The lowest BCUT2D eigenvalue weighted by molar-refractivity contribution is 0.406. The fourth-order valence-corrected chi connectivity index (χ4v) is 1.73. The second-order valence-corrected chi connectivity index (χ2v) is 3.77. The normalized spacial score (nSPS) is 10.9. The van der Waals surface area contributed by atoms with Gasteiger partial charge in [0.25, 0.3) is 0 Å². The third-order valence-corrected chi connectivity index (χ3v) is 2.50. The summed E-state index contributed by atoms with van der Waals surface area (Å²) in [4.78, 5) is 0. The van der Waals surface area contributed by atoms with Crippen molar-refractivity contribution >= 4 is 11.0 Å². The zero-order valence-corrected chi connectivity index (χ0v) is 9.75. The van der Waals surface area contributed by atoms with Gasteiger partial charge >= 0.3 is 0 Å². The zero-order valence-electron chi connectivity index (χ0n) is 9.75. The lowest BCUT2D eigenvalue weighted by atomic mass is 10.2. The maximum atomic E-state index is 5.75. The van der Waals surface area contributed by atoms with E-state index in [9.17, 15) is 0 Å². The minimum atomic E-state index is 0.770. The molecule has 3 heteroatoms. The standard InChI is InChI=1S/C13H17NO2/c1-3-7-14-9-11-8-10-5-4-6-12(15-2)13(10)16-11/h4-6,8,14H,3,7,9H2,1-2H3. The van der Waals surface area contributed by atoms with E-state index in [1.165, 1.54) is 0 Å². The van der Waals surface area contributed by atoms with Crippen molar-refractivity contribution in [3.8, 4) is 5.75 Å². The third-order valence-electron chi connectivity index (χ3n) is 2.50. The molecule has 2 aromatic rings. The molecule has 0 aliphatic heterocycles. The molecule has 16 heavy (non-hydrogen) atoms. The SMILES string of the molecule is CCCNCc1cc2cccc(OC)c2o1. The Hall–Kier alpha value is -1.48. The molecule has 0 saturated heterocycles. The summed E-state index contributed by atoms with van der Waals surface area (Å²) in [5.41, 5.74) is 0.832. The van der Waals surface area contributed by atoms with Crippen LogP contribution in [0.15, 0.2) is 28.7 Å². The third kappa shape index (κ3) is 2.19. The van der Waals surface area contributed by atoms with E-state index in [2.05, 4.69) is 18.3 Å². The average Bonchev–Trinajstić information content (AvgIpc) is 2.71. The first kappa shape index (κ1) is 11.0. The molecule has 86 valence electrons. The maximum Gasteiger partial charge on any atom is 0.176 e. The molecule has 0 radical (unpaired) electrons. The number of hydrogen-bond acceptors (Lipinski definition) is 3. The Bertz CT molecular complexity index is 462. The van der Waals surface area contributed by atoms with E-state index in [1.54, 1.807) is 7.11 Å². The van der Waals surface area contributed by atoms with Gasteiger partial charge in [0, 0.05) is 5.39 Å². The van der Waals surface area contributed by atoms with Crippen LogP contribution in [0.2, 0.25) is 0 Å². The fourth-order valence-electron chi connectivity index (χ4n) is 1.73. The Morgan fingerprint density at radius 2 is 2.25 bits per heavy atom. The predicted octanol–water partition coefficient (Wildman–Crippen LogP) is 2.94. The van der Waals surface area contributed by atoms with Gasteiger partial charge in [0.15, 0.2) is 11.3 Å². The number of benzene rings is 1. The van der Waals surface area contributed by atoms with Crippen molar-refractivity contribution in [3.63, 3.8) is 0 Å². The number of ether oxygens (including phenoxy) is 1. The highest BCUT2D eigenvalue weighted by atomic mass is 16.5. The number of methoxy groups -OCH3 is 1. The topological polar surface area (TPSA) is 34.4 Å². The van der Waals surface area contributed by atoms with Gasteiger partial charge in [-0.05, 0) is 25.1 Å². The van der Waals surface area contributed by atoms with Crippen molar-refractivity contribution in [1.29, 1.82) is 0 Å². The molecule has 0 saturated carbocycles. The van der Waals surface area contributed by atoms with Gasteiger partial charge in [-0.3, -0.25) is 0 Å². The summed E-state index contributed by atoms with van der Waals surface area (Å²) in [5.74, 6) is 1.74. The minimum absolute atomic E-state index is 0.770. The Kier molecular flexibility index (Phi) is 3.47. The quantitative estimate of drug-likeness (QED) is 0.785. The summed E-state index contributed by atoms with van der Waals surface area (Å²) >= 11 is 0. The molecule has 1 heterocycles. The van der Waals surface area contributed by atoms with Crippen LogP contribution in [0.1, 0.15) is 19.1 Å². The van der Waals surface area contributed by atoms with Gasteiger partial charge in [0.1, 0.15) is 5.76 Å². The average molecular weight is 219 g/mol. The fraction of sp³-hybridized carbons (Fsp3) is 0.385. The van der Waals surface area contributed by atoms with Gasteiger partial charge in [-0.15, -0.1) is 0 Å². The van der Waals surface area contributed by atoms with E-state index in [-0.39, 0.29) is 0 Å². The van der Waals surface area contributed by atoms with E-state index in [0.29, 0.717) is 0 Å². The van der Waals surface area contributed by atoms with Gasteiger partial charge in [-0.25, -0.2) is 0 Å². The minimum Gasteiger partial charge on any atom is -0.493 e. The van der Waals surface area contributed by atoms with Crippen molar-refractivity contribution in [2.24, 2.45) is 0 Å². The molecule has 0 amide bonds. The Morgan fingerprint density at radius 1 is 1.38 bits per heavy atom. The second-order valence-electron chi connectivity index (χ2n) is 3.77. The first-order valence-corrected chi connectivity index (χ1v) is 5.61. The summed E-state index contributed by atoms with van der Waals surface area (Å²) < 4.78 is 11.0. The van der Waals surface area contributed by atoms with Gasteiger partial charge in [0.2, 0.25) is 0 Å². The van der Waals surface area contributed by atoms with Crippen LogP contribution >= 0.6 is 0 Å². The van der Waals surface area contributed by atoms with Crippen LogP contribution < -0.4 is 10.1 Å². The van der Waals surface area contributed by atoms with Crippen LogP contribution in [0, 0.1) is 0 Å². The number of fused-ring (bicyclic) bond motifs is 1. The molecule has 0 bridgehead atoms. The van der Waals surface area contributed by atoms with Gasteiger partial charge in [-0.2, -0.15) is 0 Å². The first-order valence-electron chi connectivity index (χ1n) is 5.61. The molecular formula is C13H17NO2. The van der Waals surface area contributed by atoms with Gasteiger partial charge in [-0.1, -0.05) is 19.1 Å². The number of para-hydroxylation sites is 1. The smallest absolute Gasteiger partial charge is 0.176 e. The molecule has 0 atom stereocenters. The van der Waals surface area contributed by atoms with E-state index >= 15 is 0 Å². The van der Waals surface area contributed by atoms with Crippen LogP contribution in [0.4, 0.5) is 0 Å². The first-order chi connectivity index (χ1) is 7.85. The number of furan rings is 1. The van der Waals surface area contributed by atoms with E-state index < -0.39 is 0 Å². The number of nitrogens with one attached hydrogen (secondary N) is 1. The van der Waals surface area contributed by atoms with Crippen LogP contribution in [-0.2, 0) is 6.54 Å². The molecule has 3 nitrogen and oxygen atoms in total. The van der Waals surface area contributed by atoms with Crippen molar-refractivity contribution < 1.29 is 9.15 Å². The van der Waals surface area contributed by atoms with Crippen LogP contribution in [-0.4, -0.2) is 13.7 Å². The summed E-state index contributed by atoms with van der Waals surface area (Å²) in [5, 5.41) is 4.41. The van der Waals surface area contributed by atoms with Crippen molar-refractivity contribution in [2.45, 2.75) is 19.9 Å². The van der Waals surface area contributed by atoms with Crippen LogP contribution in [0.3, 0.4) is 0 Å². The maximum absolute atomic E-state index is 5.75. The summed E-state index contributed by atoms with van der Waals surface area (Å²) in [7, 11) is 1.66. The lowest BCUT2D eigenvalue weighted by Gasteiger charge is -1.99. The molecule has 1 N–H and O–H groups in total. The van der Waals surface area contributed by atoms with Crippen molar-refractivity contribution in [1.82, 2.24) is 5.32 Å². The summed E-state index contributed by atoms with van der Waals surface area (Å²) in [6.45, 7) is 3.93. The molecular weight excluding hydrogens is 202 g/mol. The predicted molar refractivity (Wildman–Crippen MR) is 64.8 cm³/mol. The number of hydrogen-bond donors (Lipinski definition) is 1. The van der Waals surface area contributed by atoms with Crippen LogP contribution in [0.5, 0.6) is 5.75 Å². The van der Waals surface area contributed by atoms with E-state index in [0.717, 1.165) is 42.0 Å². The Morgan fingerprint density at radius 3 is 3.00 bits per heavy atom. The molecule has 0 unspecified atom stereocenters. The van der Waals surface area contributed by atoms with Gasteiger partial charge < -0.3 is 14.5 Å². The van der Waals surface area contributed by atoms with Gasteiger partial charge in [0.05, 0.1) is 13.7 Å². The Balaban J connectivity index is 2.22. The molecule has 0 spiro atoms. The molecule has 2 rings (SSSR count). The van der Waals surface area contributed by atoms with E-state index in [1.807, 2.05) is 18.2 Å². The van der Waals surface area contributed by atoms with E-state index in [4.69, 9.17) is 9.15 Å². The second kappa shape index (κ2) is 5.03. The van der Waals surface area contributed by atoms with Crippen molar-refractivity contribution in [3.05, 3.63) is 30.0 Å².